The lowest BCUT2D eigenvalue weighted by atomic mass is 10.3. The van der Waals surface area contributed by atoms with Crippen LogP contribution in [0.1, 0.15) is 24.2 Å². The zero-order valence-corrected chi connectivity index (χ0v) is 7.57. The first-order valence-electron chi connectivity index (χ1n) is 3.97. The van der Waals surface area contributed by atoms with E-state index in [9.17, 15) is 4.79 Å². The van der Waals surface area contributed by atoms with Gasteiger partial charge in [0.2, 0.25) is 0 Å². The number of pyridine rings is 1. The van der Waals surface area contributed by atoms with Crippen LogP contribution in [0.3, 0.4) is 0 Å². The van der Waals surface area contributed by atoms with Crippen LogP contribution < -0.4 is 5.48 Å². The van der Waals surface area contributed by atoms with Gasteiger partial charge < -0.3 is 0 Å². The molecule has 0 fully saturated rings. The molecule has 0 aliphatic carbocycles. The van der Waals surface area contributed by atoms with E-state index in [1.165, 1.54) is 12.4 Å². The lowest BCUT2D eigenvalue weighted by Crippen LogP contribution is -2.26. The summed E-state index contributed by atoms with van der Waals surface area (Å²) < 4.78 is 0. The number of rotatable bonds is 3. The van der Waals surface area contributed by atoms with Gasteiger partial charge in [0.15, 0.2) is 0 Å². The molecule has 0 saturated carbocycles. The van der Waals surface area contributed by atoms with Crippen molar-refractivity contribution >= 4 is 5.91 Å². The molecule has 1 rings (SSSR count). The Morgan fingerprint density at radius 2 is 2.46 bits per heavy atom. The summed E-state index contributed by atoms with van der Waals surface area (Å²) in [6.07, 6.45) is 2.90. The zero-order chi connectivity index (χ0) is 9.68. The molecule has 1 heterocycles. The Balaban J connectivity index is 2.50. The number of aromatic nitrogens is 1. The van der Waals surface area contributed by atoms with E-state index in [1.807, 2.05) is 13.8 Å². The summed E-state index contributed by atoms with van der Waals surface area (Å²) in [4.78, 5) is 19.9. The van der Waals surface area contributed by atoms with Crippen molar-refractivity contribution in [3.05, 3.63) is 30.1 Å². The molecule has 13 heavy (non-hydrogen) atoms. The van der Waals surface area contributed by atoms with Crippen molar-refractivity contribution in [3.8, 4) is 0 Å². The Hall–Kier alpha value is -1.42. The maximum atomic E-state index is 11.3. The van der Waals surface area contributed by atoms with E-state index in [0.29, 0.717) is 5.56 Å². The molecule has 1 aromatic heterocycles. The summed E-state index contributed by atoms with van der Waals surface area (Å²) in [6, 6.07) is 4.25. The predicted molar refractivity (Wildman–Crippen MR) is 46.8 cm³/mol. The third-order valence-corrected chi connectivity index (χ3v) is 1.25. The first-order chi connectivity index (χ1) is 6.20. The van der Waals surface area contributed by atoms with Gasteiger partial charge in [0.05, 0.1) is 11.7 Å². The van der Waals surface area contributed by atoms with Crippen LogP contribution in [0.5, 0.6) is 0 Å². The number of hydrogen-bond donors (Lipinski definition) is 1. The second-order valence-corrected chi connectivity index (χ2v) is 2.77. The van der Waals surface area contributed by atoms with Gasteiger partial charge in [-0.2, -0.15) is 0 Å². The van der Waals surface area contributed by atoms with Crippen molar-refractivity contribution in [2.75, 3.05) is 0 Å². The molecule has 0 atom stereocenters. The number of hydroxylamine groups is 1. The summed E-state index contributed by atoms with van der Waals surface area (Å²) in [6.45, 7) is 3.66. The van der Waals surface area contributed by atoms with Crippen molar-refractivity contribution < 1.29 is 9.63 Å². The van der Waals surface area contributed by atoms with Gasteiger partial charge in [0, 0.05) is 18.5 Å². The molecule has 0 aromatic carbocycles. The molecule has 4 heteroatoms. The van der Waals surface area contributed by atoms with Crippen LogP contribution >= 0.6 is 0 Å². The van der Waals surface area contributed by atoms with Crippen molar-refractivity contribution in [2.24, 2.45) is 0 Å². The highest BCUT2D eigenvalue weighted by Crippen LogP contribution is 1.94. The Kier molecular flexibility index (Phi) is 3.40. The highest BCUT2D eigenvalue weighted by atomic mass is 16.7. The largest absolute Gasteiger partial charge is 0.276 e. The summed E-state index contributed by atoms with van der Waals surface area (Å²) in [5.74, 6) is -0.307. The second-order valence-electron chi connectivity index (χ2n) is 2.77. The van der Waals surface area contributed by atoms with Crippen molar-refractivity contribution in [1.82, 2.24) is 10.5 Å². The summed E-state index contributed by atoms with van der Waals surface area (Å²) in [7, 11) is 0. The first kappa shape index (κ1) is 9.67. The van der Waals surface area contributed by atoms with Gasteiger partial charge in [0.1, 0.15) is 0 Å². The molecule has 4 nitrogen and oxygen atoms in total. The molecule has 69 valence electrons. The molecule has 0 spiro atoms. The van der Waals surface area contributed by atoms with Gasteiger partial charge in [-0.3, -0.25) is 14.6 Å². The summed E-state index contributed by atoms with van der Waals surface area (Å²) in [5, 5.41) is 0. The fourth-order valence-corrected chi connectivity index (χ4v) is 0.679. The molecular formula is C9H11N2O2. The smallest absolute Gasteiger partial charge is 0.271 e. The van der Waals surface area contributed by atoms with Gasteiger partial charge in [-0.1, -0.05) is 0 Å². The van der Waals surface area contributed by atoms with Crippen LogP contribution in [0.2, 0.25) is 0 Å². The molecule has 0 aliphatic rings. The number of carbonyl (C=O) groups is 1. The number of carbonyl (C=O) groups excluding carboxylic acids is 1. The number of amides is 1. The van der Waals surface area contributed by atoms with E-state index in [-0.39, 0.29) is 12.0 Å². The Labute approximate surface area is 76.9 Å². The molecule has 0 bridgehead atoms. The highest BCUT2D eigenvalue weighted by molar-refractivity contribution is 5.92. The molecule has 0 unspecified atom stereocenters. The van der Waals surface area contributed by atoms with Crippen molar-refractivity contribution in [3.63, 3.8) is 0 Å². The monoisotopic (exact) mass is 179 g/mol. The van der Waals surface area contributed by atoms with Crippen LogP contribution in [0.15, 0.2) is 18.5 Å². The molecule has 1 aromatic rings. The average molecular weight is 179 g/mol. The van der Waals surface area contributed by atoms with Gasteiger partial charge in [-0.05, 0) is 19.9 Å². The Morgan fingerprint density at radius 1 is 1.69 bits per heavy atom. The first-order valence-corrected chi connectivity index (χ1v) is 3.97. The lowest BCUT2D eigenvalue weighted by Gasteiger charge is -2.07. The fraction of sp³-hybridized carbons (Fsp3) is 0.333. The number of nitrogens with zero attached hydrogens (tertiary/aromatic N) is 1. The van der Waals surface area contributed by atoms with Crippen molar-refractivity contribution in [1.29, 1.82) is 0 Å². The second kappa shape index (κ2) is 4.57. The number of hydrogen-bond acceptors (Lipinski definition) is 3. The minimum Gasteiger partial charge on any atom is -0.271 e. The van der Waals surface area contributed by atoms with Crippen LogP contribution in [-0.2, 0) is 4.84 Å². The van der Waals surface area contributed by atoms with Gasteiger partial charge in [-0.15, -0.1) is 0 Å². The fourth-order valence-electron chi connectivity index (χ4n) is 0.679. The zero-order valence-electron chi connectivity index (χ0n) is 7.57. The SMILES string of the molecule is CC(C)ONC(=O)c1c[c]cnc1. The minimum absolute atomic E-state index is 0.0374. The van der Waals surface area contributed by atoms with E-state index < -0.39 is 0 Å². The van der Waals surface area contributed by atoms with Gasteiger partial charge in [-0.25, -0.2) is 5.48 Å². The third kappa shape index (κ3) is 3.21. The molecule has 0 saturated heterocycles. The summed E-state index contributed by atoms with van der Waals surface area (Å²) >= 11 is 0. The normalized spacial score (nSPS) is 10.1. The van der Waals surface area contributed by atoms with Gasteiger partial charge in [0.25, 0.3) is 5.91 Å². The maximum Gasteiger partial charge on any atom is 0.276 e. The minimum atomic E-state index is -0.307. The topological polar surface area (TPSA) is 51.2 Å². The predicted octanol–water partition coefficient (Wildman–Crippen LogP) is 0.952. The van der Waals surface area contributed by atoms with Gasteiger partial charge >= 0.3 is 0 Å². The Morgan fingerprint density at radius 3 is 3.00 bits per heavy atom. The maximum absolute atomic E-state index is 11.3. The highest BCUT2D eigenvalue weighted by Gasteiger charge is 2.04. The average Bonchev–Trinajstić information content (AvgIpc) is 2.15. The van der Waals surface area contributed by atoms with Crippen LogP contribution in [0, 0.1) is 6.07 Å². The van der Waals surface area contributed by atoms with E-state index in [1.54, 1.807) is 6.07 Å². The van der Waals surface area contributed by atoms with Crippen molar-refractivity contribution in [2.45, 2.75) is 20.0 Å². The third-order valence-electron chi connectivity index (χ3n) is 1.25. The Bertz CT molecular complexity index is 272. The van der Waals surface area contributed by atoms with E-state index in [0.717, 1.165) is 0 Å². The molecule has 1 radical (unpaired) electrons. The molecule has 0 aliphatic heterocycles. The van der Waals surface area contributed by atoms with Crippen LogP contribution in [0.25, 0.3) is 0 Å². The van der Waals surface area contributed by atoms with E-state index >= 15 is 0 Å². The van der Waals surface area contributed by atoms with Crippen LogP contribution in [-0.4, -0.2) is 17.0 Å². The standard InChI is InChI=1S/C9H11N2O2/c1-7(2)13-11-9(12)8-4-3-5-10-6-8/h4-7H,1-2H3,(H,11,12). The van der Waals surface area contributed by atoms with E-state index in [4.69, 9.17) is 4.84 Å². The quantitative estimate of drug-likeness (QED) is 0.703. The lowest BCUT2D eigenvalue weighted by molar-refractivity contribution is 0.000164. The van der Waals surface area contributed by atoms with E-state index in [2.05, 4.69) is 16.5 Å². The molecule has 1 amide bonds. The van der Waals surface area contributed by atoms with Crippen LogP contribution in [0.4, 0.5) is 0 Å². The summed E-state index contributed by atoms with van der Waals surface area (Å²) in [5.41, 5.74) is 2.73. The number of nitrogens with one attached hydrogen (secondary N) is 1. The molecule has 1 N–H and O–H groups in total. The molecular weight excluding hydrogens is 168 g/mol.